The van der Waals surface area contributed by atoms with Gasteiger partial charge in [0.25, 0.3) is 0 Å². The number of rotatable bonds is 4. The predicted molar refractivity (Wildman–Crippen MR) is 71.8 cm³/mol. The molecule has 1 N–H and O–H groups in total. The van der Waals surface area contributed by atoms with E-state index in [-0.39, 0.29) is 11.8 Å². The highest BCUT2D eigenvalue weighted by Crippen LogP contribution is 2.47. The number of carboxylic acid groups (broad SMARTS) is 1. The summed E-state index contributed by atoms with van der Waals surface area (Å²) in [4.78, 5) is 15.6. The summed E-state index contributed by atoms with van der Waals surface area (Å²) >= 11 is 0. The first kappa shape index (κ1) is 12.0. The van der Waals surface area contributed by atoms with E-state index >= 15 is 0 Å². The highest BCUT2D eigenvalue weighted by molar-refractivity contribution is 5.75. The van der Waals surface area contributed by atoms with Gasteiger partial charge in [0.15, 0.2) is 0 Å². The molecule has 1 saturated carbocycles. The topological polar surface area (TPSA) is 55.1 Å². The summed E-state index contributed by atoms with van der Waals surface area (Å²) in [7, 11) is 0. The molecule has 0 aliphatic heterocycles. The van der Waals surface area contributed by atoms with Gasteiger partial charge in [-0.1, -0.05) is 30.3 Å². The predicted octanol–water partition coefficient (Wildman–Crippen LogP) is 2.76. The van der Waals surface area contributed by atoms with Crippen LogP contribution in [0, 0.1) is 5.92 Å². The fourth-order valence-corrected chi connectivity index (χ4v) is 2.48. The molecule has 0 spiro atoms. The van der Waals surface area contributed by atoms with Crippen molar-refractivity contribution in [1.82, 2.24) is 9.55 Å². The zero-order valence-electron chi connectivity index (χ0n) is 10.8. The number of imidazole rings is 1. The minimum absolute atomic E-state index is 0.0786. The van der Waals surface area contributed by atoms with Crippen molar-refractivity contribution >= 4 is 5.97 Å². The van der Waals surface area contributed by atoms with Crippen LogP contribution in [0.2, 0.25) is 0 Å². The Kier molecular flexibility index (Phi) is 2.85. The zero-order valence-corrected chi connectivity index (χ0v) is 10.8. The molecule has 19 heavy (non-hydrogen) atoms. The fraction of sp³-hybridized carbons (Fsp3) is 0.333. The van der Waals surface area contributed by atoms with E-state index in [1.807, 2.05) is 36.5 Å². The molecule has 2 aromatic rings. The molecule has 2 unspecified atom stereocenters. The Balaban J connectivity index is 1.94. The number of aliphatic carboxylic acids is 1. The quantitative estimate of drug-likeness (QED) is 0.915. The molecule has 1 aromatic carbocycles. The van der Waals surface area contributed by atoms with E-state index in [4.69, 9.17) is 5.11 Å². The second-order valence-electron chi connectivity index (χ2n) is 4.92. The van der Waals surface area contributed by atoms with E-state index in [0.717, 1.165) is 23.6 Å². The number of benzene rings is 1. The molecule has 1 aliphatic carbocycles. The summed E-state index contributed by atoms with van der Waals surface area (Å²) < 4.78 is 2.07. The van der Waals surface area contributed by atoms with E-state index < -0.39 is 5.97 Å². The maximum Gasteiger partial charge on any atom is 0.307 e. The van der Waals surface area contributed by atoms with Gasteiger partial charge in [0, 0.05) is 24.2 Å². The highest BCUT2D eigenvalue weighted by atomic mass is 16.4. The smallest absolute Gasteiger partial charge is 0.307 e. The third kappa shape index (κ3) is 2.14. The van der Waals surface area contributed by atoms with E-state index in [0.29, 0.717) is 6.42 Å². The van der Waals surface area contributed by atoms with Gasteiger partial charge in [0.1, 0.15) is 5.82 Å². The van der Waals surface area contributed by atoms with Gasteiger partial charge in [-0.05, 0) is 13.3 Å². The lowest BCUT2D eigenvalue weighted by Crippen LogP contribution is -2.04. The number of hydrogen-bond donors (Lipinski definition) is 1. The van der Waals surface area contributed by atoms with Gasteiger partial charge in [-0.15, -0.1) is 0 Å². The molecule has 4 nitrogen and oxygen atoms in total. The summed E-state index contributed by atoms with van der Waals surface area (Å²) in [6.45, 7) is 2.87. The molecule has 0 radical (unpaired) electrons. The van der Waals surface area contributed by atoms with Crippen LogP contribution in [0.15, 0.2) is 36.5 Å². The minimum atomic E-state index is -0.711. The molecular weight excluding hydrogens is 240 g/mol. The zero-order chi connectivity index (χ0) is 13.4. The summed E-state index contributed by atoms with van der Waals surface area (Å²) in [5, 5.41) is 9.04. The van der Waals surface area contributed by atoms with Crippen LogP contribution in [0.5, 0.6) is 0 Å². The summed E-state index contributed by atoms with van der Waals surface area (Å²) in [5.41, 5.74) is 2.00. The van der Waals surface area contributed by atoms with Gasteiger partial charge in [0.05, 0.1) is 11.6 Å². The van der Waals surface area contributed by atoms with Crippen molar-refractivity contribution in [2.24, 2.45) is 5.92 Å². The fourth-order valence-electron chi connectivity index (χ4n) is 2.48. The lowest BCUT2D eigenvalue weighted by atomic mass is 10.2. The van der Waals surface area contributed by atoms with E-state index in [1.54, 1.807) is 0 Å². The second-order valence-corrected chi connectivity index (χ2v) is 4.92. The number of hydrogen-bond acceptors (Lipinski definition) is 2. The molecule has 1 aromatic heterocycles. The highest BCUT2D eigenvalue weighted by Gasteiger charge is 2.46. The molecule has 1 fully saturated rings. The minimum Gasteiger partial charge on any atom is -0.481 e. The Morgan fingerprint density at radius 3 is 2.74 bits per heavy atom. The Morgan fingerprint density at radius 2 is 2.16 bits per heavy atom. The van der Waals surface area contributed by atoms with Crippen molar-refractivity contribution in [2.45, 2.75) is 25.8 Å². The Morgan fingerprint density at radius 1 is 1.42 bits per heavy atom. The second kappa shape index (κ2) is 4.53. The molecule has 4 heteroatoms. The maximum atomic E-state index is 11.0. The first-order chi connectivity index (χ1) is 9.20. The van der Waals surface area contributed by atoms with Crippen LogP contribution in [0.1, 0.15) is 25.1 Å². The lowest BCUT2D eigenvalue weighted by Gasteiger charge is -2.01. The van der Waals surface area contributed by atoms with Crippen molar-refractivity contribution in [1.29, 1.82) is 0 Å². The molecule has 1 heterocycles. The van der Waals surface area contributed by atoms with Gasteiger partial charge in [-0.25, -0.2) is 4.98 Å². The van der Waals surface area contributed by atoms with Crippen LogP contribution in [0.25, 0.3) is 11.3 Å². The molecule has 3 rings (SSSR count). The van der Waals surface area contributed by atoms with Gasteiger partial charge >= 0.3 is 5.97 Å². The first-order valence-corrected chi connectivity index (χ1v) is 6.56. The van der Waals surface area contributed by atoms with Crippen LogP contribution in [0.3, 0.4) is 0 Å². The van der Waals surface area contributed by atoms with Gasteiger partial charge in [0.2, 0.25) is 0 Å². The lowest BCUT2D eigenvalue weighted by molar-refractivity contribution is -0.138. The first-order valence-electron chi connectivity index (χ1n) is 6.56. The monoisotopic (exact) mass is 256 g/mol. The number of aromatic nitrogens is 2. The SMILES string of the molecule is CCn1cc(-c2ccccc2)nc1C1CC1C(=O)O. The average Bonchev–Trinajstić information content (AvgIpc) is 3.12. The van der Waals surface area contributed by atoms with Crippen LogP contribution in [0.4, 0.5) is 0 Å². The van der Waals surface area contributed by atoms with E-state index in [9.17, 15) is 4.79 Å². The van der Waals surface area contributed by atoms with Crippen molar-refractivity contribution in [3.05, 3.63) is 42.4 Å². The summed E-state index contributed by atoms with van der Waals surface area (Å²) in [6, 6.07) is 9.98. The van der Waals surface area contributed by atoms with E-state index in [1.165, 1.54) is 0 Å². The standard InChI is InChI=1S/C15H16N2O2/c1-2-17-9-13(10-6-4-3-5-7-10)16-14(17)11-8-12(11)15(18)19/h3-7,9,11-12H,2,8H2,1H3,(H,18,19). The summed E-state index contributed by atoms with van der Waals surface area (Å²) in [6.07, 6.45) is 2.72. The van der Waals surface area contributed by atoms with Crippen LogP contribution >= 0.6 is 0 Å². The average molecular weight is 256 g/mol. The van der Waals surface area contributed by atoms with Crippen molar-refractivity contribution in [3.63, 3.8) is 0 Å². The normalized spacial score (nSPS) is 21.3. The Hall–Kier alpha value is -2.10. The molecule has 0 saturated heterocycles. The number of carboxylic acids is 1. The van der Waals surface area contributed by atoms with Crippen LogP contribution < -0.4 is 0 Å². The molecule has 0 bridgehead atoms. The van der Waals surface area contributed by atoms with Gasteiger partial charge < -0.3 is 9.67 Å². The Labute approximate surface area is 111 Å². The molecule has 1 aliphatic rings. The van der Waals surface area contributed by atoms with Gasteiger partial charge in [-0.3, -0.25) is 4.79 Å². The van der Waals surface area contributed by atoms with Crippen molar-refractivity contribution < 1.29 is 9.90 Å². The molecule has 2 atom stereocenters. The number of aryl methyl sites for hydroxylation is 1. The Bertz CT molecular complexity index is 604. The van der Waals surface area contributed by atoms with Crippen LogP contribution in [-0.2, 0) is 11.3 Å². The van der Waals surface area contributed by atoms with Crippen LogP contribution in [-0.4, -0.2) is 20.6 Å². The number of nitrogens with zero attached hydrogens (tertiary/aromatic N) is 2. The van der Waals surface area contributed by atoms with E-state index in [2.05, 4.69) is 16.5 Å². The third-order valence-electron chi connectivity index (χ3n) is 3.66. The van der Waals surface area contributed by atoms with Crippen molar-refractivity contribution in [3.8, 4) is 11.3 Å². The molecule has 0 amide bonds. The molecular formula is C15H16N2O2. The number of carbonyl (C=O) groups is 1. The molecule has 98 valence electrons. The maximum absolute atomic E-state index is 11.0. The van der Waals surface area contributed by atoms with Gasteiger partial charge in [-0.2, -0.15) is 0 Å². The van der Waals surface area contributed by atoms with Crippen molar-refractivity contribution in [2.75, 3.05) is 0 Å². The third-order valence-corrected chi connectivity index (χ3v) is 3.66. The largest absolute Gasteiger partial charge is 0.481 e. The summed E-state index contributed by atoms with van der Waals surface area (Å²) in [5.74, 6) is 0.0249.